The first-order valence-corrected chi connectivity index (χ1v) is 5.62. The molecule has 1 rings (SSSR count). The van der Waals surface area contributed by atoms with Crippen LogP contribution in [-0.2, 0) is 0 Å². The number of hydrogen-bond donors (Lipinski definition) is 0. The highest BCUT2D eigenvalue weighted by Crippen LogP contribution is 2.36. The van der Waals surface area contributed by atoms with Crippen molar-refractivity contribution in [3.8, 4) is 12.1 Å². The van der Waals surface area contributed by atoms with Crippen molar-refractivity contribution < 1.29 is 0 Å². The molecule has 0 radical (unpaired) electrons. The molecule has 0 aliphatic rings. The monoisotopic (exact) mass is 272 g/mol. The largest absolute Gasteiger partial charge is 0.198 e. The van der Waals surface area contributed by atoms with E-state index < -0.39 is 0 Å². The fourth-order valence-electron chi connectivity index (χ4n) is 1.39. The first-order valence-electron chi connectivity index (χ1n) is 4.48. The minimum atomic E-state index is -0.251. The summed E-state index contributed by atoms with van der Waals surface area (Å²) in [7, 11) is 0. The Morgan fingerprint density at radius 1 is 1.06 bits per heavy atom. The molecule has 0 heterocycles. The molecule has 0 aliphatic heterocycles. The van der Waals surface area contributed by atoms with Gasteiger partial charge in [-0.1, -0.05) is 34.8 Å². The summed E-state index contributed by atoms with van der Waals surface area (Å²) in [6.45, 7) is 0. The van der Waals surface area contributed by atoms with Gasteiger partial charge in [0.05, 0.1) is 22.2 Å². The summed E-state index contributed by atoms with van der Waals surface area (Å²) in [5, 5.41) is 18.5. The summed E-state index contributed by atoms with van der Waals surface area (Å²) < 4.78 is 0. The second-order valence-electron chi connectivity index (χ2n) is 3.21. The van der Waals surface area contributed by atoms with Gasteiger partial charge in [0.1, 0.15) is 0 Å². The summed E-state index contributed by atoms with van der Waals surface area (Å²) in [6.07, 6.45) is 0.425. The molecular formula is C11H7Cl3N2. The van der Waals surface area contributed by atoms with Crippen LogP contribution in [0.25, 0.3) is 0 Å². The van der Waals surface area contributed by atoms with E-state index >= 15 is 0 Å². The normalized spacial score (nSPS) is 9.88. The second kappa shape index (κ2) is 5.97. The Balaban J connectivity index is 3.19. The lowest BCUT2D eigenvalue weighted by Gasteiger charge is -2.13. The van der Waals surface area contributed by atoms with Gasteiger partial charge in [0.25, 0.3) is 0 Å². The van der Waals surface area contributed by atoms with Crippen molar-refractivity contribution in [3.63, 3.8) is 0 Å². The van der Waals surface area contributed by atoms with E-state index in [0.29, 0.717) is 20.6 Å². The molecule has 0 amide bonds. The molecule has 0 saturated heterocycles. The van der Waals surface area contributed by atoms with Gasteiger partial charge in [0.15, 0.2) is 0 Å². The van der Waals surface area contributed by atoms with Crippen LogP contribution in [-0.4, -0.2) is 0 Å². The summed E-state index contributed by atoms with van der Waals surface area (Å²) >= 11 is 17.8. The zero-order valence-corrected chi connectivity index (χ0v) is 10.4. The van der Waals surface area contributed by atoms with E-state index in [2.05, 4.69) is 0 Å². The van der Waals surface area contributed by atoms with Gasteiger partial charge in [0, 0.05) is 23.8 Å². The van der Waals surface area contributed by atoms with E-state index in [1.807, 2.05) is 12.1 Å². The smallest absolute Gasteiger partial charge is 0.0628 e. The number of rotatable bonds is 3. The maximum atomic E-state index is 8.69. The van der Waals surface area contributed by atoms with Crippen molar-refractivity contribution in [2.45, 2.75) is 18.8 Å². The average Bonchev–Trinajstić information content (AvgIpc) is 2.23. The van der Waals surface area contributed by atoms with Gasteiger partial charge >= 0.3 is 0 Å². The van der Waals surface area contributed by atoms with Gasteiger partial charge in [-0.3, -0.25) is 0 Å². The van der Waals surface area contributed by atoms with Crippen molar-refractivity contribution in [2.75, 3.05) is 0 Å². The Hall–Kier alpha value is -0.930. The molecule has 0 unspecified atom stereocenters. The van der Waals surface area contributed by atoms with Crippen LogP contribution >= 0.6 is 34.8 Å². The lowest BCUT2D eigenvalue weighted by Crippen LogP contribution is -1.98. The molecule has 0 N–H and O–H groups in total. The Bertz CT molecular complexity index is 455. The minimum absolute atomic E-state index is 0.212. The molecule has 5 heteroatoms. The second-order valence-corrected chi connectivity index (χ2v) is 4.43. The Morgan fingerprint density at radius 3 is 2.12 bits per heavy atom. The van der Waals surface area contributed by atoms with Gasteiger partial charge in [-0.15, -0.1) is 0 Å². The SMILES string of the molecule is N#CCC(CC#N)c1cc(Cl)cc(Cl)c1Cl. The fourth-order valence-corrected chi connectivity index (χ4v) is 2.16. The molecule has 0 aliphatic carbocycles. The van der Waals surface area contributed by atoms with Crippen molar-refractivity contribution in [1.82, 2.24) is 0 Å². The third kappa shape index (κ3) is 3.03. The van der Waals surface area contributed by atoms with Gasteiger partial charge in [-0.2, -0.15) is 10.5 Å². The first kappa shape index (κ1) is 13.1. The van der Waals surface area contributed by atoms with Crippen LogP contribution in [0.2, 0.25) is 15.1 Å². The van der Waals surface area contributed by atoms with E-state index in [1.54, 1.807) is 6.07 Å². The van der Waals surface area contributed by atoms with Crippen LogP contribution in [0.1, 0.15) is 24.3 Å². The molecule has 0 spiro atoms. The van der Waals surface area contributed by atoms with E-state index in [4.69, 9.17) is 45.3 Å². The fraction of sp³-hybridized carbons (Fsp3) is 0.273. The Kier molecular flexibility index (Phi) is 4.90. The summed E-state index contributed by atoms with van der Waals surface area (Å²) in [5.41, 5.74) is 0.655. The topological polar surface area (TPSA) is 47.6 Å². The summed E-state index contributed by atoms with van der Waals surface area (Å²) in [5.74, 6) is -0.251. The molecule has 0 aromatic heterocycles. The van der Waals surface area contributed by atoms with Crippen LogP contribution in [0, 0.1) is 22.7 Å². The Labute approximate surface area is 109 Å². The molecule has 0 bridgehead atoms. The van der Waals surface area contributed by atoms with Crippen molar-refractivity contribution in [3.05, 3.63) is 32.8 Å². The van der Waals surface area contributed by atoms with Crippen LogP contribution < -0.4 is 0 Å². The summed E-state index contributed by atoms with van der Waals surface area (Å²) in [6, 6.07) is 7.22. The van der Waals surface area contributed by atoms with E-state index in [0.717, 1.165) is 0 Å². The van der Waals surface area contributed by atoms with Crippen molar-refractivity contribution in [2.24, 2.45) is 0 Å². The highest BCUT2D eigenvalue weighted by molar-refractivity contribution is 6.43. The van der Waals surface area contributed by atoms with Crippen LogP contribution in [0.3, 0.4) is 0 Å². The highest BCUT2D eigenvalue weighted by Gasteiger charge is 2.17. The first-order chi connectivity index (χ1) is 7.60. The predicted molar refractivity (Wildman–Crippen MR) is 64.7 cm³/mol. The molecule has 0 fully saturated rings. The summed E-state index contributed by atoms with van der Waals surface area (Å²) in [4.78, 5) is 0. The maximum Gasteiger partial charge on any atom is 0.0628 e. The number of halogens is 3. The standard InChI is InChI=1S/C11H7Cl3N2/c12-8-5-9(11(14)10(13)6-8)7(1-3-15)2-4-16/h5-7H,1-2H2. The quantitative estimate of drug-likeness (QED) is 0.758. The van der Waals surface area contributed by atoms with Crippen LogP contribution in [0.5, 0.6) is 0 Å². The van der Waals surface area contributed by atoms with Crippen molar-refractivity contribution in [1.29, 1.82) is 10.5 Å². The Morgan fingerprint density at radius 2 is 1.62 bits per heavy atom. The number of nitrogens with zero attached hydrogens (tertiary/aromatic N) is 2. The highest BCUT2D eigenvalue weighted by atomic mass is 35.5. The molecule has 82 valence electrons. The number of hydrogen-bond acceptors (Lipinski definition) is 2. The average molecular weight is 274 g/mol. The van der Waals surface area contributed by atoms with Gasteiger partial charge in [0.2, 0.25) is 0 Å². The van der Waals surface area contributed by atoms with Gasteiger partial charge in [-0.05, 0) is 17.7 Å². The third-order valence-electron chi connectivity index (χ3n) is 2.14. The third-order valence-corrected chi connectivity index (χ3v) is 3.17. The maximum absolute atomic E-state index is 8.69. The van der Waals surface area contributed by atoms with E-state index in [9.17, 15) is 0 Å². The number of nitriles is 2. The lowest BCUT2D eigenvalue weighted by molar-refractivity contribution is 0.726. The molecule has 1 aromatic carbocycles. The predicted octanol–water partition coefficient (Wildman–Crippen LogP) is 4.56. The zero-order valence-electron chi connectivity index (χ0n) is 8.17. The molecule has 2 nitrogen and oxygen atoms in total. The van der Waals surface area contributed by atoms with Gasteiger partial charge in [-0.25, -0.2) is 0 Å². The molecule has 0 saturated carbocycles. The van der Waals surface area contributed by atoms with E-state index in [1.165, 1.54) is 6.07 Å². The lowest BCUT2D eigenvalue weighted by atomic mass is 9.93. The van der Waals surface area contributed by atoms with Gasteiger partial charge < -0.3 is 0 Å². The molecule has 1 aromatic rings. The number of benzene rings is 1. The molecule has 16 heavy (non-hydrogen) atoms. The molecular weight excluding hydrogens is 266 g/mol. The minimum Gasteiger partial charge on any atom is -0.198 e. The van der Waals surface area contributed by atoms with Crippen LogP contribution in [0.15, 0.2) is 12.1 Å². The zero-order chi connectivity index (χ0) is 12.1. The van der Waals surface area contributed by atoms with E-state index in [-0.39, 0.29) is 18.8 Å². The van der Waals surface area contributed by atoms with Crippen LogP contribution in [0.4, 0.5) is 0 Å². The molecule has 0 atom stereocenters. The van der Waals surface area contributed by atoms with Crippen molar-refractivity contribution >= 4 is 34.8 Å².